The normalized spacial score (nSPS) is 14.9. The summed E-state index contributed by atoms with van der Waals surface area (Å²) in [5.41, 5.74) is 3.66. The lowest BCUT2D eigenvalue weighted by Gasteiger charge is -2.35. The van der Waals surface area contributed by atoms with Crippen LogP contribution in [0.4, 0.5) is 5.82 Å². The van der Waals surface area contributed by atoms with Crippen LogP contribution in [0.15, 0.2) is 48.5 Å². The molecule has 2 heterocycles. The quantitative estimate of drug-likeness (QED) is 0.712. The molecular weight excluding hydrogens is 348 g/mol. The number of rotatable bonds is 3. The minimum Gasteiger partial charge on any atom is -0.344 e. The molecule has 1 saturated heterocycles. The molecule has 26 heavy (non-hydrogen) atoms. The van der Waals surface area contributed by atoms with Crippen molar-refractivity contribution in [3.05, 3.63) is 64.8 Å². The summed E-state index contributed by atoms with van der Waals surface area (Å²) < 4.78 is 0. The molecule has 0 spiro atoms. The molecule has 132 valence electrons. The van der Waals surface area contributed by atoms with Crippen LogP contribution >= 0.6 is 11.6 Å². The fourth-order valence-electron chi connectivity index (χ4n) is 3.25. The Hall–Kier alpha value is -2.66. The highest BCUT2D eigenvalue weighted by Gasteiger charge is 2.26. The molecule has 0 atom stereocenters. The molecule has 0 bridgehead atoms. The Kier molecular flexibility index (Phi) is 4.47. The number of nitrogens with zero attached hydrogens (tertiary/aromatic N) is 4. The topological polar surface area (TPSA) is 49.3 Å². The Balaban J connectivity index is 1.50. The molecule has 0 saturated carbocycles. The SMILES string of the molecule is Cc1nc2ccccc2nc1N1CCN(Cc2ccc(Cl)cc2)C(=O)C1. The molecule has 0 aliphatic carbocycles. The van der Waals surface area contributed by atoms with Gasteiger partial charge in [-0.1, -0.05) is 35.9 Å². The number of carbonyl (C=O) groups is 1. The molecule has 0 N–H and O–H groups in total. The number of halogens is 1. The Labute approximate surface area is 157 Å². The van der Waals surface area contributed by atoms with Crippen molar-refractivity contribution < 1.29 is 4.79 Å². The number of fused-ring (bicyclic) bond motifs is 1. The Morgan fingerprint density at radius 3 is 2.38 bits per heavy atom. The molecule has 5 nitrogen and oxygen atoms in total. The summed E-state index contributed by atoms with van der Waals surface area (Å²) in [5, 5.41) is 0.704. The third-order valence-electron chi connectivity index (χ3n) is 4.62. The summed E-state index contributed by atoms with van der Waals surface area (Å²) in [6.07, 6.45) is 0. The van der Waals surface area contributed by atoms with Gasteiger partial charge in [0.15, 0.2) is 5.82 Å². The first kappa shape index (κ1) is 16.8. The first-order valence-corrected chi connectivity index (χ1v) is 8.98. The van der Waals surface area contributed by atoms with Gasteiger partial charge in [0.1, 0.15) is 0 Å². The van der Waals surface area contributed by atoms with Crippen LogP contribution in [0.25, 0.3) is 11.0 Å². The van der Waals surface area contributed by atoms with E-state index in [1.165, 1.54) is 0 Å². The molecule has 1 aliphatic heterocycles. The van der Waals surface area contributed by atoms with Gasteiger partial charge in [-0.3, -0.25) is 4.79 Å². The highest BCUT2D eigenvalue weighted by atomic mass is 35.5. The van der Waals surface area contributed by atoms with Crippen LogP contribution in [0.3, 0.4) is 0 Å². The van der Waals surface area contributed by atoms with Crippen molar-refractivity contribution in [1.29, 1.82) is 0 Å². The Morgan fingerprint density at radius 1 is 1.00 bits per heavy atom. The van der Waals surface area contributed by atoms with Gasteiger partial charge in [0.05, 0.1) is 23.3 Å². The molecule has 0 radical (unpaired) electrons. The standard InChI is InChI=1S/C20H19ClN4O/c1-14-20(23-18-5-3-2-4-17(18)22-14)25-11-10-24(19(26)13-25)12-15-6-8-16(21)9-7-15/h2-9H,10-13H2,1H3. The van der Waals surface area contributed by atoms with Crippen LogP contribution in [-0.2, 0) is 11.3 Å². The van der Waals surface area contributed by atoms with E-state index < -0.39 is 0 Å². The number of anilines is 1. The average molecular weight is 367 g/mol. The highest BCUT2D eigenvalue weighted by molar-refractivity contribution is 6.30. The minimum absolute atomic E-state index is 0.0977. The van der Waals surface area contributed by atoms with Gasteiger partial charge >= 0.3 is 0 Å². The van der Waals surface area contributed by atoms with Gasteiger partial charge < -0.3 is 9.80 Å². The second-order valence-corrected chi connectivity index (χ2v) is 6.92. The van der Waals surface area contributed by atoms with Crippen LogP contribution in [0.1, 0.15) is 11.3 Å². The number of para-hydroxylation sites is 2. The number of benzene rings is 2. The van der Waals surface area contributed by atoms with Gasteiger partial charge in [0.25, 0.3) is 0 Å². The van der Waals surface area contributed by atoms with E-state index in [1.807, 2.05) is 65.3 Å². The Morgan fingerprint density at radius 2 is 1.69 bits per heavy atom. The predicted octanol–water partition coefficient (Wildman–Crippen LogP) is 3.44. The summed E-state index contributed by atoms with van der Waals surface area (Å²) >= 11 is 5.93. The first-order valence-electron chi connectivity index (χ1n) is 8.61. The van der Waals surface area contributed by atoms with E-state index in [0.717, 1.165) is 34.7 Å². The molecule has 1 aliphatic rings. The van der Waals surface area contributed by atoms with Gasteiger partial charge in [0, 0.05) is 24.7 Å². The smallest absolute Gasteiger partial charge is 0.242 e. The van der Waals surface area contributed by atoms with Crippen LogP contribution < -0.4 is 4.90 Å². The zero-order chi connectivity index (χ0) is 18.1. The van der Waals surface area contributed by atoms with E-state index in [4.69, 9.17) is 16.6 Å². The molecule has 0 unspecified atom stereocenters. The van der Waals surface area contributed by atoms with Crippen LogP contribution in [0, 0.1) is 6.92 Å². The van der Waals surface area contributed by atoms with Crippen molar-refractivity contribution in [2.45, 2.75) is 13.5 Å². The zero-order valence-corrected chi connectivity index (χ0v) is 15.3. The minimum atomic E-state index is 0.0977. The number of hydrogen-bond acceptors (Lipinski definition) is 4. The summed E-state index contributed by atoms with van der Waals surface area (Å²) in [5.74, 6) is 0.892. The average Bonchev–Trinajstić information content (AvgIpc) is 2.64. The van der Waals surface area contributed by atoms with E-state index in [0.29, 0.717) is 24.7 Å². The molecule has 3 aromatic rings. The maximum atomic E-state index is 12.6. The third kappa shape index (κ3) is 3.35. The van der Waals surface area contributed by atoms with Gasteiger partial charge in [-0.15, -0.1) is 0 Å². The fourth-order valence-corrected chi connectivity index (χ4v) is 3.37. The van der Waals surface area contributed by atoms with Crippen molar-refractivity contribution in [1.82, 2.24) is 14.9 Å². The maximum absolute atomic E-state index is 12.6. The van der Waals surface area contributed by atoms with Crippen molar-refractivity contribution in [2.24, 2.45) is 0 Å². The lowest BCUT2D eigenvalue weighted by molar-refractivity contribution is -0.131. The van der Waals surface area contributed by atoms with Gasteiger partial charge in [-0.25, -0.2) is 9.97 Å². The molecule has 1 aromatic heterocycles. The van der Waals surface area contributed by atoms with Crippen molar-refractivity contribution in [3.8, 4) is 0 Å². The second-order valence-electron chi connectivity index (χ2n) is 6.48. The van der Waals surface area contributed by atoms with Crippen LogP contribution in [-0.4, -0.2) is 40.4 Å². The largest absolute Gasteiger partial charge is 0.344 e. The molecule has 6 heteroatoms. The van der Waals surface area contributed by atoms with Crippen molar-refractivity contribution in [3.63, 3.8) is 0 Å². The molecular formula is C20H19ClN4O. The van der Waals surface area contributed by atoms with Gasteiger partial charge in [-0.05, 0) is 36.8 Å². The van der Waals surface area contributed by atoms with E-state index in [2.05, 4.69) is 4.98 Å². The van der Waals surface area contributed by atoms with Crippen molar-refractivity contribution >= 4 is 34.4 Å². The summed E-state index contributed by atoms with van der Waals surface area (Å²) in [7, 11) is 0. The van der Waals surface area contributed by atoms with Gasteiger partial charge in [0.2, 0.25) is 5.91 Å². The summed E-state index contributed by atoms with van der Waals surface area (Å²) in [6, 6.07) is 15.4. The number of piperazine rings is 1. The monoisotopic (exact) mass is 366 g/mol. The van der Waals surface area contributed by atoms with E-state index in [9.17, 15) is 4.79 Å². The highest BCUT2D eigenvalue weighted by Crippen LogP contribution is 2.22. The molecule has 1 fully saturated rings. The van der Waals surface area contributed by atoms with E-state index in [-0.39, 0.29) is 5.91 Å². The van der Waals surface area contributed by atoms with Crippen molar-refractivity contribution in [2.75, 3.05) is 24.5 Å². The van der Waals surface area contributed by atoms with Crippen LogP contribution in [0.2, 0.25) is 5.02 Å². The number of carbonyl (C=O) groups excluding carboxylic acids is 1. The fraction of sp³-hybridized carbons (Fsp3) is 0.250. The second kappa shape index (κ2) is 6.92. The molecule has 4 rings (SSSR count). The molecule has 1 amide bonds. The summed E-state index contributed by atoms with van der Waals surface area (Å²) in [4.78, 5) is 25.9. The van der Waals surface area contributed by atoms with E-state index >= 15 is 0 Å². The third-order valence-corrected chi connectivity index (χ3v) is 4.88. The number of hydrogen-bond donors (Lipinski definition) is 0. The van der Waals surface area contributed by atoms with Gasteiger partial charge in [-0.2, -0.15) is 0 Å². The first-order chi connectivity index (χ1) is 12.6. The number of aryl methyl sites for hydroxylation is 1. The Bertz CT molecular complexity index is 958. The maximum Gasteiger partial charge on any atom is 0.242 e. The van der Waals surface area contributed by atoms with E-state index in [1.54, 1.807) is 0 Å². The number of aromatic nitrogens is 2. The summed E-state index contributed by atoms with van der Waals surface area (Å²) in [6.45, 7) is 4.27. The lowest BCUT2D eigenvalue weighted by Crippen LogP contribution is -2.50. The number of amides is 1. The molecule has 2 aromatic carbocycles. The zero-order valence-electron chi connectivity index (χ0n) is 14.5. The van der Waals surface area contributed by atoms with Crippen LogP contribution in [0.5, 0.6) is 0 Å². The lowest BCUT2D eigenvalue weighted by atomic mass is 10.2. The predicted molar refractivity (Wildman–Crippen MR) is 103 cm³/mol.